The minimum absolute atomic E-state index is 0.0461. The van der Waals surface area contributed by atoms with E-state index in [0.717, 1.165) is 23.7 Å². The Morgan fingerprint density at radius 1 is 1.17 bits per heavy atom. The molecule has 2 rings (SSSR count). The highest BCUT2D eigenvalue weighted by Gasteiger charge is 2.22. The maximum Gasteiger partial charge on any atom is 0.238 e. The second-order valence-electron chi connectivity index (χ2n) is 7.36. The summed E-state index contributed by atoms with van der Waals surface area (Å²) in [6.45, 7) is 8.77. The molecule has 1 saturated carbocycles. The Morgan fingerprint density at radius 3 is 2.48 bits per heavy atom. The van der Waals surface area contributed by atoms with E-state index in [1.54, 1.807) is 6.07 Å². The van der Waals surface area contributed by atoms with E-state index >= 15 is 0 Å². The zero-order valence-electron chi connectivity index (χ0n) is 14.5. The number of anilines is 2. The summed E-state index contributed by atoms with van der Waals surface area (Å²) in [4.78, 5) is 24.1. The highest BCUT2D eigenvalue weighted by Crippen LogP contribution is 2.27. The number of hydrogen-bond donors (Lipinski definition) is 3. The van der Waals surface area contributed by atoms with Gasteiger partial charge in [0.1, 0.15) is 0 Å². The molecule has 1 aromatic rings. The Balaban J connectivity index is 1.92. The maximum atomic E-state index is 12.1. The number of aryl methyl sites for hydroxylation is 1. The minimum atomic E-state index is -0.460. The summed E-state index contributed by atoms with van der Waals surface area (Å²) < 4.78 is 0. The molecule has 3 N–H and O–H groups in total. The SMILES string of the molecule is Cc1ccc(NC(=O)CNCC2CC2)cc1NC(=O)C(C)(C)C. The topological polar surface area (TPSA) is 70.2 Å². The van der Waals surface area contributed by atoms with Crippen molar-refractivity contribution in [2.75, 3.05) is 23.7 Å². The average molecular weight is 317 g/mol. The molecule has 0 atom stereocenters. The van der Waals surface area contributed by atoms with Gasteiger partial charge in [0.25, 0.3) is 0 Å². The van der Waals surface area contributed by atoms with Gasteiger partial charge in [-0.05, 0) is 49.9 Å². The molecule has 5 nitrogen and oxygen atoms in total. The third kappa shape index (κ3) is 5.67. The Kier molecular flexibility index (Phi) is 5.42. The Morgan fingerprint density at radius 2 is 1.87 bits per heavy atom. The van der Waals surface area contributed by atoms with Crippen molar-refractivity contribution in [1.29, 1.82) is 0 Å². The van der Waals surface area contributed by atoms with Crippen LogP contribution in [0.4, 0.5) is 11.4 Å². The molecule has 1 fully saturated rings. The lowest BCUT2D eigenvalue weighted by Gasteiger charge is -2.19. The Bertz CT molecular complexity index is 586. The molecule has 0 heterocycles. The van der Waals surface area contributed by atoms with E-state index in [0.29, 0.717) is 12.2 Å². The molecular formula is C18H27N3O2. The molecule has 0 spiro atoms. The van der Waals surface area contributed by atoms with Crippen LogP contribution in [0.25, 0.3) is 0 Å². The van der Waals surface area contributed by atoms with Gasteiger partial charge in [-0.1, -0.05) is 26.8 Å². The van der Waals surface area contributed by atoms with Crippen LogP contribution in [-0.2, 0) is 9.59 Å². The van der Waals surface area contributed by atoms with Crippen LogP contribution < -0.4 is 16.0 Å². The third-order valence-electron chi connectivity index (χ3n) is 3.87. The molecule has 126 valence electrons. The first-order chi connectivity index (χ1) is 10.8. The number of nitrogens with one attached hydrogen (secondary N) is 3. The van der Waals surface area contributed by atoms with Crippen LogP contribution in [0.15, 0.2) is 18.2 Å². The van der Waals surface area contributed by atoms with Crippen molar-refractivity contribution in [3.8, 4) is 0 Å². The second kappa shape index (κ2) is 7.13. The van der Waals surface area contributed by atoms with E-state index in [2.05, 4.69) is 16.0 Å². The average Bonchev–Trinajstić information content (AvgIpc) is 3.25. The van der Waals surface area contributed by atoms with Gasteiger partial charge in [-0.2, -0.15) is 0 Å². The van der Waals surface area contributed by atoms with E-state index in [4.69, 9.17) is 0 Å². The smallest absolute Gasteiger partial charge is 0.238 e. The maximum absolute atomic E-state index is 12.1. The zero-order valence-corrected chi connectivity index (χ0v) is 14.5. The molecule has 0 radical (unpaired) electrons. The van der Waals surface area contributed by atoms with Gasteiger partial charge in [0.05, 0.1) is 6.54 Å². The molecule has 2 amide bonds. The molecule has 1 aliphatic rings. The molecule has 0 saturated heterocycles. The third-order valence-corrected chi connectivity index (χ3v) is 3.87. The number of amides is 2. The number of hydrogen-bond acceptors (Lipinski definition) is 3. The van der Waals surface area contributed by atoms with Crippen LogP contribution in [0.3, 0.4) is 0 Å². The summed E-state index contributed by atoms with van der Waals surface area (Å²) in [5, 5.41) is 8.95. The van der Waals surface area contributed by atoms with Gasteiger partial charge in [0.2, 0.25) is 11.8 Å². The zero-order chi connectivity index (χ0) is 17.0. The molecular weight excluding hydrogens is 290 g/mol. The molecule has 1 aromatic carbocycles. The predicted octanol–water partition coefficient (Wildman–Crippen LogP) is 2.92. The van der Waals surface area contributed by atoms with Gasteiger partial charge in [0.15, 0.2) is 0 Å². The summed E-state index contributed by atoms with van der Waals surface area (Å²) in [6.07, 6.45) is 2.53. The molecule has 5 heteroatoms. The first-order valence-corrected chi connectivity index (χ1v) is 8.18. The minimum Gasteiger partial charge on any atom is -0.325 e. The van der Waals surface area contributed by atoms with Crippen LogP contribution in [-0.4, -0.2) is 24.9 Å². The lowest BCUT2D eigenvalue weighted by Crippen LogP contribution is -2.29. The molecule has 0 unspecified atom stereocenters. The fraction of sp³-hybridized carbons (Fsp3) is 0.556. The van der Waals surface area contributed by atoms with E-state index in [1.165, 1.54) is 12.8 Å². The molecule has 0 aliphatic heterocycles. The van der Waals surface area contributed by atoms with E-state index < -0.39 is 5.41 Å². The van der Waals surface area contributed by atoms with Crippen molar-refractivity contribution < 1.29 is 9.59 Å². The molecule has 0 aromatic heterocycles. The van der Waals surface area contributed by atoms with Crippen molar-refractivity contribution in [3.63, 3.8) is 0 Å². The monoisotopic (exact) mass is 317 g/mol. The fourth-order valence-corrected chi connectivity index (χ4v) is 2.06. The summed E-state index contributed by atoms with van der Waals surface area (Å²) >= 11 is 0. The van der Waals surface area contributed by atoms with Crippen molar-refractivity contribution in [3.05, 3.63) is 23.8 Å². The number of benzene rings is 1. The molecule has 0 bridgehead atoms. The first kappa shape index (κ1) is 17.5. The van der Waals surface area contributed by atoms with E-state index in [-0.39, 0.29) is 11.8 Å². The first-order valence-electron chi connectivity index (χ1n) is 8.18. The summed E-state index contributed by atoms with van der Waals surface area (Å²) in [5.41, 5.74) is 1.93. The van der Waals surface area contributed by atoms with Crippen LogP contribution >= 0.6 is 0 Å². The standard InChI is InChI=1S/C18H27N3O2/c1-12-5-8-14(9-15(12)21-17(23)18(2,3)4)20-16(22)11-19-10-13-6-7-13/h5,8-9,13,19H,6-7,10-11H2,1-4H3,(H,20,22)(H,21,23). The highest BCUT2D eigenvalue weighted by molar-refractivity contribution is 5.97. The van der Waals surface area contributed by atoms with E-state index in [1.807, 2.05) is 39.8 Å². The molecule has 23 heavy (non-hydrogen) atoms. The van der Waals surface area contributed by atoms with Gasteiger partial charge in [-0.15, -0.1) is 0 Å². The van der Waals surface area contributed by atoms with Crippen LogP contribution in [0.1, 0.15) is 39.2 Å². The quantitative estimate of drug-likeness (QED) is 0.755. The normalized spacial score (nSPS) is 14.4. The van der Waals surface area contributed by atoms with Gasteiger partial charge < -0.3 is 16.0 Å². The Hall–Kier alpha value is -1.88. The van der Waals surface area contributed by atoms with Crippen LogP contribution in [0, 0.1) is 18.3 Å². The second-order valence-corrected chi connectivity index (χ2v) is 7.36. The van der Waals surface area contributed by atoms with Gasteiger partial charge in [-0.3, -0.25) is 9.59 Å². The van der Waals surface area contributed by atoms with Crippen LogP contribution in [0.2, 0.25) is 0 Å². The predicted molar refractivity (Wildman–Crippen MR) is 93.5 cm³/mol. The summed E-state index contributed by atoms with van der Waals surface area (Å²) in [7, 11) is 0. The van der Waals surface area contributed by atoms with Crippen molar-refractivity contribution in [2.45, 2.75) is 40.5 Å². The van der Waals surface area contributed by atoms with E-state index in [9.17, 15) is 9.59 Å². The fourth-order valence-electron chi connectivity index (χ4n) is 2.06. The van der Waals surface area contributed by atoms with Gasteiger partial charge >= 0.3 is 0 Å². The van der Waals surface area contributed by atoms with Crippen LogP contribution in [0.5, 0.6) is 0 Å². The van der Waals surface area contributed by atoms with Gasteiger partial charge in [-0.25, -0.2) is 0 Å². The number of rotatable bonds is 6. The Labute approximate surface area is 138 Å². The van der Waals surface area contributed by atoms with Crippen molar-refractivity contribution >= 4 is 23.2 Å². The number of carbonyl (C=O) groups is 2. The van der Waals surface area contributed by atoms with Crippen molar-refractivity contribution in [1.82, 2.24) is 5.32 Å². The van der Waals surface area contributed by atoms with Crippen molar-refractivity contribution in [2.24, 2.45) is 11.3 Å². The molecule has 1 aliphatic carbocycles. The van der Waals surface area contributed by atoms with Gasteiger partial charge in [0, 0.05) is 16.8 Å². The lowest BCUT2D eigenvalue weighted by molar-refractivity contribution is -0.123. The largest absolute Gasteiger partial charge is 0.325 e. The highest BCUT2D eigenvalue weighted by atomic mass is 16.2. The summed E-state index contributed by atoms with van der Waals surface area (Å²) in [6, 6.07) is 5.55. The summed E-state index contributed by atoms with van der Waals surface area (Å²) in [5.74, 6) is 0.638. The number of carbonyl (C=O) groups excluding carboxylic acids is 2. The lowest BCUT2D eigenvalue weighted by atomic mass is 9.95.